The lowest BCUT2D eigenvalue weighted by molar-refractivity contribution is -0.137. The molecule has 1 fully saturated rings. The molecule has 0 amide bonds. The van der Waals surface area contributed by atoms with Crippen LogP contribution in [0, 0.1) is 0 Å². The molecule has 0 spiro atoms. The number of carboxylic acid groups (broad SMARTS) is 1. The Bertz CT molecular complexity index is 418. The number of rotatable bonds is 6. The Morgan fingerprint density at radius 2 is 2.10 bits per heavy atom. The van der Waals surface area contributed by atoms with Crippen molar-refractivity contribution in [2.24, 2.45) is 0 Å². The molecule has 1 aliphatic heterocycles. The van der Waals surface area contributed by atoms with Gasteiger partial charge in [-0.25, -0.2) is 0 Å². The second-order valence-electron chi connectivity index (χ2n) is 5.65. The van der Waals surface area contributed by atoms with Crippen LogP contribution in [0.5, 0.6) is 0 Å². The van der Waals surface area contributed by atoms with Crippen molar-refractivity contribution in [3.63, 3.8) is 0 Å². The van der Waals surface area contributed by atoms with Gasteiger partial charge >= 0.3 is 5.97 Å². The summed E-state index contributed by atoms with van der Waals surface area (Å²) in [4.78, 5) is 13.4. The van der Waals surface area contributed by atoms with Crippen molar-refractivity contribution in [1.82, 2.24) is 4.90 Å². The van der Waals surface area contributed by atoms with Crippen LogP contribution in [0.2, 0.25) is 0 Å². The number of piperidine rings is 1. The van der Waals surface area contributed by atoms with Gasteiger partial charge in [-0.1, -0.05) is 43.7 Å². The molecule has 1 saturated heterocycles. The van der Waals surface area contributed by atoms with E-state index in [1.165, 1.54) is 18.4 Å². The van der Waals surface area contributed by atoms with Gasteiger partial charge < -0.3 is 5.11 Å². The SMILES string of the molecule is CCC(c1ccccc1)N1CCCCC1CCC(=O)O. The molecule has 1 aromatic rings. The van der Waals surface area contributed by atoms with E-state index in [1.807, 2.05) is 6.07 Å². The first-order valence-corrected chi connectivity index (χ1v) is 7.75. The maximum atomic E-state index is 10.8. The normalized spacial score (nSPS) is 21.6. The fraction of sp³-hybridized carbons (Fsp3) is 0.588. The third kappa shape index (κ3) is 3.83. The number of hydrogen-bond donors (Lipinski definition) is 1. The van der Waals surface area contributed by atoms with Crippen LogP contribution in [0.15, 0.2) is 30.3 Å². The van der Waals surface area contributed by atoms with Gasteiger partial charge in [0.05, 0.1) is 0 Å². The molecule has 2 unspecified atom stereocenters. The number of nitrogens with zero attached hydrogens (tertiary/aromatic N) is 1. The zero-order chi connectivity index (χ0) is 14.4. The predicted molar refractivity (Wildman–Crippen MR) is 80.7 cm³/mol. The molecular formula is C17H25NO2. The van der Waals surface area contributed by atoms with Gasteiger partial charge in [-0.3, -0.25) is 9.69 Å². The van der Waals surface area contributed by atoms with Crippen molar-refractivity contribution in [3.8, 4) is 0 Å². The maximum Gasteiger partial charge on any atom is 0.303 e. The lowest BCUT2D eigenvalue weighted by Gasteiger charge is -2.41. The summed E-state index contributed by atoms with van der Waals surface area (Å²) < 4.78 is 0. The summed E-state index contributed by atoms with van der Waals surface area (Å²) in [6.45, 7) is 3.32. The van der Waals surface area contributed by atoms with Gasteiger partial charge in [0.25, 0.3) is 0 Å². The number of likely N-dealkylation sites (tertiary alicyclic amines) is 1. The number of carbonyl (C=O) groups is 1. The van der Waals surface area contributed by atoms with Crippen LogP contribution in [-0.2, 0) is 4.79 Å². The van der Waals surface area contributed by atoms with E-state index in [9.17, 15) is 4.79 Å². The Labute approximate surface area is 121 Å². The number of hydrogen-bond acceptors (Lipinski definition) is 2. The van der Waals surface area contributed by atoms with E-state index >= 15 is 0 Å². The Hall–Kier alpha value is -1.35. The van der Waals surface area contributed by atoms with Crippen molar-refractivity contribution >= 4 is 5.97 Å². The summed E-state index contributed by atoms with van der Waals surface area (Å²) in [7, 11) is 0. The van der Waals surface area contributed by atoms with Gasteiger partial charge in [-0.2, -0.15) is 0 Å². The lowest BCUT2D eigenvalue weighted by Crippen LogP contribution is -2.42. The Morgan fingerprint density at radius 1 is 1.35 bits per heavy atom. The third-order valence-electron chi connectivity index (χ3n) is 4.34. The molecule has 0 saturated carbocycles. The Morgan fingerprint density at radius 3 is 2.75 bits per heavy atom. The molecule has 20 heavy (non-hydrogen) atoms. The van der Waals surface area contributed by atoms with E-state index in [1.54, 1.807) is 0 Å². The fourth-order valence-electron chi connectivity index (χ4n) is 3.37. The first-order chi connectivity index (χ1) is 9.72. The molecule has 0 radical (unpaired) electrons. The topological polar surface area (TPSA) is 40.5 Å². The maximum absolute atomic E-state index is 10.8. The van der Waals surface area contributed by atoms with Crippen LogP contribution < -0.4 is 0 Å². The minimum Gasteiger partial charge on any atom is -0.481 e. The zero-order valence-corrected chi connectivity index (χ0v) is 12.3. The molecule has 2 atom stereocenters. The minimum atomic E-state index is -0.678. The molecule has 1 aliphatic rings. The molecule has 1 aromatic carbocycles. The van der Waals surface area contributed by atoms with E-state index in [4.69, 9.17) is 5.11 Å². The second kappa shape index (κ2) is 7.44. The standard InChI is InChI=1S/C17H25NO2/c1-2-16(14-8-4-3-5-9-14)18-13-7-6-10-15(18)11-12-17(19)20/h3-5,8-9,15-16H,2,6-7,10-13H2,1H3,(H,19,20). The van der Waals surface area contributed by atoms with Gasteiger partial charge in [-0.15, -0.1) is 0 Å². The minimum absolute atomic E-state index is 0.284. The van der Waals surface area contributed by atoms with Crippen molar-refractivity contribution in [3.05, 3.63) is 35.9 Å². The Kier molecular flexibility index (Phi) is 5.60. The zero-order valence-electron chi connectivity index (χ0n) is 12.3. The van der Waals surface area contributed by atoms with E-state index in [0.29, 0.717) is 12.1 Å². The van der Waals surface area contributed by atoms with Crippen molar-refractivity contribution in [2.75, 3.05) is 6.54 Å². The summed E-state index contributed by atoms with van der Waals surface area (Å²) in [6.07, 6.45) is 5.73. The summed E-state index contributed by atoms with van der Waals surface area (Å²) >= 11 is 0. The monoisotopic (exact) mass is 275 g/mol. The van der Waals surface area contributed by atoms with Crippen LogP contribution in [0.4, 0.5) is 0 Å². The fourth-order valence-corrected chi connectivity index (χ4v) is 3.37. The molecule has 2 rings (SSSR count). The van der Waals surface area contributed by atoms with Gasteiger partial charge in [0, 0.05) is 18.5 Å². The average Bonchev–Trinajstić information content (AvgIpc) is 2.48. The lowest BCUT2D eigenvalue weighted by atomic mass is 9.92. The molecule has 3 nitrogen and oxygen atoms in total. The van der Waals surface area contributed by atoms with Crippen LogP contribution in [-0.4, -0.2) is 28.6 Å². The van der Waals surface area contributed by atoms with Crippen LogP contribution in [0.3, 0.4) is 0 Å². The van der Waals surface area contributed by atoms with Gasteiger partial charge in [0.15, 0.2) is 0 Å². The molecule has 1 heterocycles. The Balaban J connectivity index is 2.10. The molecular weight excluding hydrogens is 250 g/mol. The van der Waals surface area contributed by atoms with E-state index in [-0.39, 0.29) is 6.42 Å². The largest absolute Gasteiger partial charge is 0.481 e. The smallest absolute Gasteiger partial charge is 0.303 e. The third-order valence-corrected chi connectivity index (χ3v) is 4.34. The van der Waals surface area contributed by atoms with Crippen LogP contribution in [0.1, 0.15) is 57.1 Å². The highest BCUT2D eigenvalue weighted by molar-refractivity contribution is 5.66. The summed E-state index contributed by atoms with van der Waals surface area (Å²) in [5.41, 5.74) is 1.36. The van der Waals surface area contributed by atoms with Gasteiger partial charge in [-0.05, 0) is 37.8 Å². The second-order valence-corrected chi connectivity index (χ2v) is 5.65. The van der Waals surface area contributed by atoms with E-state index in [0.717, 1.165) is 25.8 Å². The molecule has 0 bridgehead atoms. The van der Waals surface area contributed by atoms with Crippen molar-refractivity contribution in [1.29, 1.82) is 0 Å². The highest BCUT2D eigenvalue weighted by atomic mass is 16.4. The number of carboxylic acids is 1. The molecule has 3 heteroatoms. The molecule has 110 valence electrons. The van der Waals surface area contributed by atoms with E-state index in [2.05, 4.69) is 36.1 Å². The van der Waals surface area contributed by atoms with Crippen LogP contribution >= 0.6 is 0 Å². The van der Waals surface area contributed by atoms with Gasteiger partial charge in [0.1, 0.15) is 0 Å². The van der Waals surface area contributed by atoms with Crippen LogP contribution in [0.25, 0.3) is 0 Å². The van der Waals surface area contributed by atoms with Crippen molar-refractivity contribution < 1.29 is 9.90 Å². The average molecular weight is 275 g/mol. The summed E-state index contributed by atoms with van der Waals surface area (Å²) in [5, 5.41) is 8.92. The summed E-state index contributed by atoms with van der Waals surface area (Å²) in [6, 6.07) is 11.5. The van der Waals surface area contributed by atoms with E-state index < -0.39 is 5.97 Å². The van der Waals surface area contributed by atoms with Gasteiger partial charge in [0.2, 0.25) is 0 Å². The predicted octanol–water partition coefficient (Wildman–Crippen LogP) is 3.86. The van der Waals surface area contributed by atoms with Crippen molar-refractivity contribution in [2.45, 2.75) is 57.5 Å². The molecule has 0 aliphatic carbocycles. The first kappa shape index (κ1) is 15.0. The first-order valence-electron chi connectivity index (χ1n) is 7.75. The highest BCUT2D eigenvalue weighted by Crippen LogP contribution is 2.32. The molecule has 1 N–H and O–H groups in total. The number of benzene rings is 1. The quantitative estimate of drug-likeness (QED) is 0.857. The molecule has 0 aromatic heterocycles. The summed E-state index contributed by atoms with van der Waals surface area (Å²) in [5.74, 6) is -0.678. The number of aliphatic carboxylic acids is 1. The highest BCUT2D eigenvalue weighted by Gasteiger charge is 2.28.